The van der Waals surface area contributed by atoms with Gasteiger partial charge in [0.05, 0.1) is 18.7 Å². The number of nitrogens with zero attached hydrogens (tertiary/aromatic N) is 1. The van der Waals surface area contributed by atoms with Gasteiger partial charge in [-0.05, 0) is 136 Å². The first-order chi connectivity index (χ1) is 36.6. The monoisotopic (exact) mass is 1060 g/mol. The summed E-state index contributed by atoms with van der Waals surface area (Å²) in [4.78, 5) is 112. The van der Waals surface area contributed by atoms with E-state index in [9.17, 15) is 43.5 Å². The van der Waals surface area contributed by atoms with E-state index in [1.807, 2.05) is 59.7 Å². The van der Waals surface area contributed by atoms with E-state index < -0.39 is 89.8 Å². The van der Waals surface area contributed by atoms with Gasteiger partial charge in [-0.15, -0.1) is 0 Å². The highest BCUT2D eigenvalue weighted by Crippen LogP contribution is 2.32. The van der Waals surface area contributed by atoms with Crippen molar-refractivity contribution in [2.75, 3.05) is 33.8 Å². The molecule has 1 saturated carbocycles. The summed E-state index contributed by atoms with van der Waals surface area (Å²) in [6.07, 6.45) is 7.03. The molecule has 3 aromatic rings. The van der Waals surface area contributed by atoms with Crippen LogP contribution in [-0.4, -0.2) is 139 Å². The lowest BCUT2D eigenvalue weighted by molar-refractivity contribution is -0.144. The van der Waals surface area contributed by atoms with Gasteiger partial charge in [0.25, 0.3) is 11.8 Å². The Labute approximate surface area is 453 Å². The molecule has 2 fully saturated rings. The number of likely N-dealkylation sites (tertiary alicyclic amines) is 1. The lowest BCUT2D eigenvalue weighted by Crippen LogP contribution is -2.59. The topological polar surface area (TPSA) is 268 Å². The summed E-state index contributed by atoms with van der Waals surface area (Å²) in [6, 6.07) is 11.8. The van der Waals surface area contributed by atoms with Crippen LogP contribution in [0.5, 0.6) is 0 Å². The number of aliphatic hydroxyl groups is 1. The van der Waals surface area contributed by atoms with Crippen molar-refractivity contribution in [1.29, 1.82) is 0 Å². The van der Waals surface area contributed by atoms with Crippen LogP contribution in [-0.2, 0) is 35.2 Å². The predicted octanol–water partition coefficient (Wildman–Crippen LogP) is 3.28. The molecule has 1 aliphatic heterocycles. The van der Waals surface area contributed by atoms with Crippen LogP contribution >= 0.6 is 0 Å². The fourth-order valence-corrected chi connectivity index (χ4v) is 10.5. The number of likely N-dealkylation sites (N-methyl/N-ethyl adjacent to an activating group) is 2. The van der Waals surface area contributed by atoms with E-state index in [1.54, 1.807) is 57.4 Å². The highest BCUT2D eigenvalue weighted by molar-refractivity contribution is 6.02. The van der Waals surface area contributed by atoms with Gasteiger partial charge in [0.2, 0.25) is 35.4 Å². The van der Waals surface area contributed by atoms with Gasteiger partial charge >= 0.3 is 0 Å². The average molecular weight is 1070 g/mol. The first-order valence-electron chi connectivity index (χ1n) is 27.6. The van der Waals surface area contributed by atoms with Gasteiger partial charge in [0, 0.05) is 36.3 Å². The standard InChI is InChI=1S/C58H84N10O9/c1-33(2)34(3)62-53(73)45(65-56(76)48(37-17-11-10-12-18-37)66-54(74)46(32-69)60-9)26-27-61-51(71)40-24-22-39-29-41(25-23-38(39)28-40)52(72)63-42-30-47(55(75)64-44-21-15-19-36-16-13-14-20-43(36)44)68(31-42)57(77)49(58(5,6)7)67-50(70)35(4)59-8/h13-14,16,20,22-25,28-29,33-35,37,42,44-49,59-60,69H,10-12,15,17-19,21,26-27,30-32H2,1-9H3,(H,61,71)(H,62,73)(H,63,72)(H,64,75)(H,65,76)(H,66,74)(H,67,70). The van der Waals surface area contributed by atoms with Crippen molar-refractivity contribution in [3.63, 3.8) is 0 Å². The van der Waals surface area contributed by atoms with E-state index in [4.69, 9.17) is 0 Å². The van der Waals surface area contributed by atoms with E-state index in [-0.39, 0.29) is 61.7 Å². The van der Waals surface area contributed by atoms with Gasteiger partial charge in [0.1, 0.15) is 30.2 Å². The summed E-state index contributed by atoms with van der Waals surface area (Å²) in [5.74, 6) is -3.43. The molecule has 0 radical (unpaired) electrons. The van der Waals surface area contributed by atoms with Gasteiger partial charge in [-0.2, -0.15) is 0 Å². The molecule has 8 amide bonds. The summed E-state index contributed by atoms with van der Waals surface area (Å²) >= 11 is 0. The fourth-order valence-electron chi connectivity index (χ4n) is 10.5. The van der Waals surface area contributed by atoms with Crippen molar-refractivity contribution in [1.82, 2.24) is 52.8 Å². The second-order valence-corrected chi connectivity index (χ2v) is 22.7. The van der Waals surface area contributed by atoms with Crippen molar-refractivity contribution >= 4 is 58.0 Å². The van der Waals surface area contributed by atoms with E-state index in [1.165, 1.54) is 10.5 Å². The lowest BCUT2D eigenvalue weighted by atomic mass is 9.83. The number of amides is 8. The van der Waals surface area contributed by atoms with Gasteiger partial charge in [-0.3, -0.25) is 38.4 Å². The molecule has 9 atom stereocenters. The van der Waals surface area contributed by atoms with Crippen LogP contribution < -0.4 is 47.9 Å². The van der Waals surface area contributed by atoms with Gasteiger partial charge in [0.15, 0.2) is 0 Å². The molecule has 9 unspecified atom stereocenters. The maximum atomic E-state index is 14.6. The molecule has 19 heteroatoms. The van der Waals surface area contributed by atoms with Crippen LogP contribution in [0.3, 0.4) is 0 Å². The Hall–Kier alpha value is -6.44. The van der Waals surface area contributed by atoms with Gasteiger partial charge in [-0.25, -0.2) is 0 Å². The van der Waals surface area contributed by atoms with Crippen LogP contribution in [0.2, 0.25) is 0 Å². The Morgan fingerprint density at radius 3 is 1.96 bits per heavy atom. The zero-order valence-corrected chi connectivity index (χ0v) is 46.5. The van der Waals surface area contributed by atoms with E-state index in [0.717, 1.165) is 56.9 Å². The Morgan fingerprint density at radius 2 is 1.34 bits per heavy atom. The Balaban J connectivity index is 1.13. The highest BCUT2D eigenvalue weighted by atomic mass is 16.3. The Morgan fingerprint density at radius 1 is 0.688 bits per heavy atom. The van der Waals surface area contributed by atoms with Crippen molar-refractivity contribution < 1.29 is 43.5 Å². The second-order valence-electron chi connectivity index (χ2n) is 22.7. The van der Waals surface area contributed by atoms with E-state index >= 15 is 0 Å². The number of fused-ring (bicyclic) bond motifs is 2. The SMILES string of the molecule is CNC(C)C(=O)NC(C(=O)N1CC(NC(=O)c2ccc3cc(C(=O)NCCC(NC(=O)C(NC(=O)C(CO)NC)C4CCCCC4)C(=O)NC(C)C(C)C)ccc3c2)CC1C(=O)NC1CCCc2ccccc21)C(C)(C)C. The minimum absolute atomic E-state index is 0.0273. The van der Waals surface area contributed by atoms with Gasteiger partial charge in [-0.1, -0.05) is 90.3 Å². The third-order valence-corrected chi connectivity index (χ3v) is 15.8. The molecule has 0 aromatic heterocycles. The minimum atomic E-state index is -1.04. The number of benzene rings is 3. The first-order valence-corrected chi connectivity index (χ1v) is 27.6. The van der Waals surface area contributed by atoms with Crippen molar-refractivity contribution in [2.24, 2.45) is 17.3 Å². The highest BCUT2D eigenvalue weighted by Gasteiger charge is 2.46. The summed E-state index contributed by atoms with van der Waals surface area (Å²) in [6.45, 7) is 12.7. The molecule has 2 aliphatic carbocycles. The quantitative estimate of drug-likeness (QED) is 0.0698. The lowest BCUT2D eigenvalue weighted by Gasteiger charge is -2.36. The molecule has 420 valence electrons. The normalized spacial score (nSPS) is 20.1. The molecule has 1 saturated heterocycles. The third kappa shape index (κ3) is 15.6. The number of carbonyl (C=O) groups excluding carboxylic acids is 8. The molecule has 10 N–H and O–H groups in total. The minimum Gasteiger partial charge on any atom is -0.394 e. The molecule has 19 nitrogen and oxygen atoms in total. The van der Waals surface area contributed by atoms with Crippen molar-refractivity contribution in [2.45, 2.75) is 167 Å². The zero-order chi connectivity index (χ0) is 56.1. The Bertz CT molecular complexity index is 2590. The van der Waals surface area contributed by atoms with E-state index in [0.29, 0.717) is 21.9 Å². The maximum absolute atomic E-state index is 14.6. The molecule has 3 aliphatic rings. The number of aliphatic hydroxyl groups excluding tert-OH is 1. The number of carbonyl (C=O) groups is 8. The average Bonchev–Trinajstić information content (AvgIpc) is 3.85. The number of aryl methyl sites for hydroxylation is 1. The summed E-state index contributed by atoms with van der Waals surface area (Å²) < 4.78 is 0. The third-order valence-electron chi connectivity index (χ3n) is 15.8. The van der Waals surface area contributed by atoms with Crippen LogP contribution in [0, 0.1) is 17.3 Å². The molecule has 77 heavy (non-hydrogen) atoms. The molecule has 3 aromatic carbocycles. The Kier molecular flexibility index (Phi) is 21.2. The van der Waals surface area contributed by atoms with E-state index in [2.05, 4.69) is 53.9 Å². The first kappa shape index (κ1) is 59.8. The zero-order valence-electron chi connectivity index (χ0n) is 46.5. The molecule has 0 bridgehead atoms. The molecule has 1 heterocycles. The largest absolute Gasteiger partial charge is 0.394 e. The molecular formula is C58H84N10O9. The van der Waals surface area contributed by atoms with Crippen LogP contribution in [0.1, 0.15) is 144 Å². The number of rotatable bonds is 22. The second kappa shape index (κ2) is 27.2. The van der Waals surface area contributed by atoms with Gasteiger partial charge < -0.3 is 57.9 Å². The molecule has 0 spiro atoms. The molecule has 6 rings (SSSR count). The maximum Gasteiger partial charge on any atom is 0.251 e. The van der Waals surface area contributed by atoms with Crippen molar-refractivity contribution in [3.05, 3.63) is 82.9 Å². The number of nitrogens with one attached hydrogen (secondary N) is 9. The van der Waals surface area contributed by atoms with Crippen LogP contribution in [0.25, 0.3) is 10.8 Å². The predicted molar refractivity (Wildman–Crippen MR) is 295 cm³/mol. The van der Waals surface area contributed by atoms with Crippen LogP contribution in [0.15, 0.2) is 60.7 Å². The molecular weight excluding hydrogens is 981 g/mol. The summed E-state index contributed by atoms with van der Waals surface area (Å²) in [5, 5.41) is 37.6. The number of hydrogen-bond donors (Lipinski definition) is 10. The smallest absolute Gasteiger partial charge is 0.251 e. The number of hydrogen-bond acceptors (Lipinski definition) is 11. The summed E-state index contributed by atoms with van der Waals surface area (Å²) in [7, 11) is 3.21. The summed E-state index contributed by atoms with van der Waals surface area (Å²) in [5.41, 5.74) is 2.17. The van der Waals surface area contributed by atoms with Crippen LogP contribution in [0.4, 0.5) is 0 Å². The fraction of sp³-hybridized carbons (Fsp3) is 0.586. The van der Waals surface area contributed by atoms with Crippen molar-refractivity contribution in [3.8, 4) is 0 Å².